The van der Waals surface area contributed by atoms with Crippen molar-refractivity contribution >= 4 is 0 Å². The van der Waals surface area contributed by atoms with Gasteiger partial charge in [-0.2, -0.15) is 0 Å². The van der Waals surface area contributed by atoms with Gasteiger partial charge in [-0.3, -0.25) is 0 Å². The average molecular weight is 369 g/mol. The van der Waals surface area contributed by atoms with Gasteiger partial charge < -0.3 is 4.74 Å². The van der Waals surface area contributed by atoms with E-state index in [1.54, 1.807) is 5.56 Å². The smallest absolute Gasteiger partial charge is 0.119 e. The van der Waals surface area contributed by atoms with E-state index in [1.165, 1.54) is 83.5 Å². The van der Waals surface area contributed by atoms with Crippen LogP contribution in [0.25, 0.3) is 0 Å². The van der Waals surface area contributed by atoms with Crippen molar-refractivity contribution in [3.63, 3.8) is 0 Å². The molecule has 150 valence electrons. The Balaban J connectivity index is 1.50. The van der Waals surface area contributed by atoms with Crippen molar-refractivity contribution in [2.45, 2.75) is 103 Å². The normalized spacial score (nSPS) is 27.3. The summed E-state index contributed by atoms with van der Waals surface area (Å²) in [5, 5.41) is 0. The Kier molecular flexibility index (Phi) is 7.44. The van der Waals surface area contributed by atoms with Crippen molar-refractivity contribution in [3.05, 3.63) is 42.0 Å². The second-order valence-electron chi connectivity index (χ2n) is 9.19. The first-order chi connectivity index (χ1) is 13.2. The number of ether oxygens (including phenoxy) is 1. The van der Waals surface area contributed by atoms with Crippen molar-refractivity contribution < 1.29 is 4.74 Å². The molecular formula is C26H40O. The highest BCUT2D eigenvalue weighted by molar-refractivity contribution is 5.34. The van der Waals surface area contributed by atoms with Crippen LogP contribution in [0.4, 0.5) is 0 Å². The van der Waals surface area contributed by atoms with Gasteiger partial charge in [0.05, 0.1) is 0 Å². The van der Waals surface area contributed by atoms with Gasteiger partial charge in [-0.15, -0.1) is 0 Å². The van der Waals surface area contributed by atoms with E-state index < -0.39 is 0 Å². The lowest BCUT2D eigenvalue weighted by molar-refractivity contribution is 0.0305. The van der Waals surface area contributed by atoms with Gasteiger partial charge in [0.25, 0.3) is 0 Å². The van der Waals surface area contributed by atoms with Crippen LogP contribution in [-0.2, 0) is 5.41 Å². The van der Waals surface area contributed by atoms with Crippen molar-refractivity contribution in [2.24, 2.45) is 5.41 Å². The molecular weight excluding hydrogens is 328 g/mol. The highest BCUT2D eigenvalue weighted by Gasteiger charge is 2.48. The van der Waals surface area contributed by atoms with Gasteiger partial charge in [-0.05, 0) is 79.9 Å². The van der Waals surface area contributed by atoms with Gasteiger partial charge in [-0.25, -0.2) is 0 Å². The summed E-state index contributed by atoms with van der Waals surface area (Å²) in [7, 11) is 0. The number of hydrogen-bond acceptors (Lipinski definition) is 1. The van der Waals surface area contributed by atoms with Crippen molar-refractivity contribution in [1.29, 1.82) is 0 Å². The first kappa shape index (κ1) is 20.5. The summed E-state index contributed by atoms with van der Waals surface area (Å²) in [6.45, 7) is 5.24. The zero-order valence-corrected chi connectivity index (χ0v) is 17.8. The first-order valence-corrected chi connectivity index (χ1v) is 11.6. The van der Waals surface area contributed by atoms with E-state index in [1.807, 2.05) is 0 Å². The summed E-state index contributed by atoms with van der Waals surface area (Å²) in [5.74, 6) is 1.01. The highest BCUT2D eigenvalue weighted by Crippen LogP contribution is 2.59. The molecule has 27 heavy (non-hydrogen) atoms. The van der Waals surface area contributed by atoms with Crippen LogP contribution in [0.2, 0.25) is 0 Å². The summed E-state index contributed by atoms with van der Waals surface area (Å²) < 4.78 is 5.89. The Labute approximate surface area is 167 Å². The van der Waals surface area contributed by atoms with E-state index >= 15 is 0 Å². The van der Waals surface area contributed by atoms with Crippen molar-refractivity contribution in [1.82, 2.24) is 0 Å². The lowest BCUT2D eigenvalue weighted by Crippen LogP contribution is -2.44. The largest absolute Gasteiger partial charge is 0.490 e. The lowest BCUT2D eigenvalue weighted by atomic mass is 9.51. The van der Waals surface area contributed by atoms with Crippen LogP contribution in [0.1, 0.15) is 103 Å². The molecule has 3 aliphatic carbocycles. The fraction of sp³-hybridized carbons (Fsp3) is 0.692. The molecule has 1 nitrogen and oxygen atoms in total. The molecule has 3 aliphatic rings. The van der Waals surface area contributed by atoms with E-state index in [9.17, 15) is 0 Å². The number of rotatable bonds is 11. The third-order valence-electron chi connectivity index (χ3n) is 7.42. The summed E-state index contributed by atoms with van der Waals surface area (Å²) in [6.07, 6.45) is 22.4. The fourth-order valence-electron chi connectivity index (χ4n) is 5.38. The maximum Gasteiger partial charge on any atom is 0.119 e. The van der Waals surface area contributed by atoms with Gasteiger partial charge >= 0.3 is 0 Å². The van der Waals surface area contributed by atoms with Crippen LogP contribution >= 0.6 is 0 Å². The minimum atomic E-state index is 0.463. The molecule has 0 spiro atoms. The topological polar surface area (TPSA) is 9.23 Å². The second-order valence-corrected chi connectivity index (χ2v) is 9.19. The Morgan fingerprint density at radius 1 is 0.815 bits per heavy atom. The van der Waals surface area contributed by atoms with E-state index in [4.69, 9.17) is 4.74 Å². The highest BCUT2D eigenvalue weighted by atomic mass is 16.5. The molecule has 0 aliphatic heterocycles. The Hall–Kier alpha value is -1.24. The van der Waals surface area contributed by atoms with E-state index in [0.717, 1.165) is 5.75 Å². The van der Waals surface area contributed by atoms with E-state index in [0.29, 0.717) is 17.4 Å². The summed E-state index contributed by atoms with van der Waals surface area (Å²) in [6, 6.07) is 9.10. The number of allylic oxidation sites excluding steroid dienone is 1. The molecule has 0 saturated heterocycles. The average Bonchev–Trinajstić information content (AvgIpc) is 2.72. The van der Waals surface area contributed by atoms with Gasteiger partial charge in [0.15, 0.2) is 0 Å². The SMILES string of the molecule is CCCCC=CCOc1ccc(C23CCC(CCCCC)(CC2)CC3)cc1. The number of unbranched alkanes of at least 4 members (excludes halogenated alkanes) is 4. The Bertz CT molecular complexity index is 558. The fourth-order valence-corrected chi connectivity index (χ4v) is 5.38. The molecule has 0 aromatic heterocycles. The Morgan fingerprint density at radius 2 is 1.48 bits per heavy atom. The molecule has 0 unspecified atom stereocenters. The van der Waals surface area contributed by atoms with Gasteiger partial charge in [0, 0.05) is 0 Å². The van der Waals surface area contributed by atoms with Crippen molar-refractivity contribution in [2.75, 3.05) is 6.61 Å². The van der Waals surface area contributed by atoms with Gasteiger partial charge in [-0.1, -0.05) is 70.2 Å². The van der Waals surface area contributed by atoms with E-state index in [-0.39, 0.29) is 0 Å². The number of fused-ring (bicyclic) bond motifs is 3. The third-order valence-corrected chi connectivity index (χ3v) is 7.42. The maximum absolute atomic E-state index is 5.89. The standard InChI is InChI=1S/C26H40O/c1-3-5-7-8-10-22-27-24-13-11-23(12-14-24)26-19-16-25(17-20-26,18-21-26)15-9-6-4-2/h8,10-14H,3-7,9,15-22H2,1-2H3. The first-order valence-electron chi connectivity index (χ1n) is 11.6. The summed E-state index contributed by atoms with van der Waals surface area (Å²) >= 11 is 0. The molecule has 1 aromatic carbocycles. The molecule has 0 atom stereocenters. The van der Waals surface area contributed by atoms with Gasteiger partial charge in [0.1, 0.15) is 12.4 Å². The van der Waals surface area contributed by atoms with Gasteiger partial charge in [0.2, 0.25) is 0 Å². The third kappa shape index (κ3) is 5.18. The quantitative estimate of drug-likeness (QED) is 0.284. The second kappa shape index (κ2) is 9.80. The molecule has 0 N–H and O–H groups in total. The van der Waals surface area contributed by atoms with Crippen LogP contribution in [0, 0.1) is 5.41 Å². The van der Waals surface area contributed by atoms with E-state index in [2.05, 4.69) is 50.3 Å². The minimum absolute atomic E-state index is 0.463. The predicted octanol–water partition coefficient (Wildman–Crippen LogP) is 7.98. The van der Waals surface area contributed by atoms with Crippen LogP contribution in [-0.4, -0.2) is 6.61 Å². The van der Waals surface area contributed by atoms with Crippen LogP contribution in [0.3, 0.4) is 0 Å². The van der Waals surface area contributed by atoms with Crippen molar-refractivity contribution in [3.8, 4) is 5.75 Å². The molecule has 1 heteroatoms. The number of hydrogen-bond donors (Lipinski definition) is 0. The Morgan fingerprint density at radius 3 is 2.11 bits per heavy atom. The monoisotopic (exact) mass is 368 g/mol. The van der Waals surface area contributed by atoms with Crippen LogP contribution in [0.5, 0.6) is 5.75 Å². The minimum Gasteiger partial charge on any atom is -0.490 e. The summed E-state index contributed by atoms with van der Waals surface area (Å²) in [4.78, 5) is 0. The molecule has 3 fully saturated rings. The maximum atomic E-state index is 5.89. The molecule has 1 aromatic rings. The molecule has 4 rings (SSSR count). The van der Waals surface area contributed by atoms with Crippen LogP contribution in [0.15, 0.2) is 36.4 Å². The molecule has 2 bridgehead atoms. The molecule has 3 saturated carbocycles. The molecule has 0 amide bonds. The molecule has 0 radical (unpaired) electrons. The predicted molar refractivity (Wildman–Crippen MR) is 117 cm³/mol. The van der Waals surface area contributed by atoms with Crippen LogP contribution < -0.4 is 4.74 Å². The zero-order chi connectivity index (χ0) is 19.0. The molecule has 0 heterocycles. The summed E-state index contributed by atoms with van der Waals surface area (Å²) in [5.41, 5.74) is 2.73. The number of benzene rings is 1. The zero-order valence-electron chi connectivity index (χ0n) is 17.8. The lowest BCUT2D eigenvalue weighted by Gasteiger charge is -2.54.